The molecule has 2 aromatic rings. The monoisotopic (exact) mass is 391 g/mol. The molecule has 4 rings (SSSR count). The molecule has 2 unspecified atom stereocenters. The molecule has 1 fully saturated rings. The molecular weight excluding hydrogens is 374 g/mol. The van der Waals surface area contributed by atoms with E-state index in [1.165, 1.54) is 6.07 Å². The number of para-hydroxylation sites is 2. The number of anilines is 2. The molecule has 2 aliphatic heterocycles. The number of fused-ring (bicyclic) bond motifs is 3. The summed E-state index contributed by atoms with van der Waals surface area (Å²) in [4.78, 5) is 14.5. The van der Waals surface area contributed by atoms with E-state index >= 15 is 0 Å². The number of hydrogen-bond donors (Lipinski definition) is 2. The summed E-state index contributed by atoms with van der Waals surface area (Å²) in [7, 11) is -3.73. The predicted molar refractivity (Wildman–Crippen MR) is 101 cm³/mol. The highest BCUT2D eigenvalue weighted by molar-refractivity contribution is 7.89. The first-order chi connectivity index (χ1) is 12.4. The Morgan fingerprint density at radius 2 is 1.96 bits per heavy atom. The van der Waals surface area contributed by atoms with Gasteiger partial charge in [-0.2, -0.15) is 0 Å². The fourth-order valence-corrected chi connectivity index (χ4v) is 5.38. The van der Waals surface area contributed by atoms with Crippen molar-refractivity contribution in [3.8, 4) is 0 Å². The first-order valence-corrected chi connectivity index (χ1v) is 10.2. The van der Waals surface area contributed by atoms with Crippen molar-refractivity contribution in [2.75, 3.05) is 16.8 Å². The first kappa shape index (κ1) is 17.3. The lowest BCUT2D eigenvalue weighted by atomic mass is 10.1. The van der Waals surface area contributed by atoms with Gasteiger partial charge >= 0.3 is 0 Å². The van der Waals surface area contributed by atoms with E-state index in [0.29, 0.717) is 23.6 Å². The summed E-state index contributed by atoms with van der Waals surface area (Å²) in [6.07, 6.45) is 0.416. The van der Waals surface area contributed by atoms with Gasteiger partial charge in [0.1, 0.15) is 6.04 Å². The Morgan fingerprint density at radius 3 is 2.77 bits per heavy atom. The lowest BCUT2D eigenvalue weighted by molar-refractivity contribution is -0.117. The Balaban J connectivity index is 1.60. The molecule has 0 radical (unpaired) electrons. The average molecular weight is 392 g/mol. The quantitative estimate of drug-likeness (QED) is 0.842. The number of rotatable bonds is 3. The number of nitrogens with one attached hydrogen (secondary N) is 2. The third kappa shape index (κ3) is 2.86. The Labute approximate surface area is 157 Å². The van der Waals surface area contributed by atoms with Crippen molar-refractivity contribution in [3.63, 3.8) is 0 Å². The van der Waals surface area contributed by atoms with Crippen molar-refractivity contribution in [1.29, 1.82) is 0 Å². The fourth-order valence-electron chi connectivity index (χ4n) is 3.64. The maximum absolute atomic E-state index is 12.8. The largest absolute Gasteiger partial charge is 0.356 e. The molecule has 2 atom stereocenters. The summed E-state index contributed by atoms with van der Waals surface area (Å²) in [6, 6.07) is 11.6. The molecule has 0 spiro atoms. The van der Waals surface area contributed by atoms with Gasteiger partial charge in [-0.3, -0.25) is 4.79 Å². The van der Waals surface area contributed by atoms with Crippen molar-refractivity contribution < 1.29 is 13.2 Å². The van der Waals surface area contributed by atoms with Gasteiger partial charge in [0.25, 0.3) is 0 Å². The van der Waals surface area contributed by atoms with Crippen LogP contribution in [-0.2, 0) is 14.8 Å². The molecule has 8 heteroatoms. The molecule has 2 heterocycles. The minimum atomic E-state index is -3.73. The lowest BCUT2D eigenvalue weighted by Crippen LogP contribution is -2.44. The van der Waals surface area contributed by atoms with Gasteiger partial charge in [-0.15, -0.1) is 0 Å². The number of carbonyl (C=O) groups excluding carboxylic acids is 1. The molecule has 2 aromatic carbocycles. The van der Waals surface area contributed by atoms with Crippen molar-refractivity contribution >= 4 is 38.9 Å². The zero-order valence-corrected chi connectivity index (χ0v) is 15.6. The normalized spacial score (nSPS) is 21.9. The van der Waals surface area contributed by atoms with Gasteiger partial charge in [0.15, 0.2) is 0 Å². The molecule has 6 nitrogen and oxygen atoms in total. The van der Waals surface area contributed by atoms with Gasteiger partial charge in [-0.25, -0.2) is 13.1 Å². The van der Waals surface area contributed by atoms with E-state index in [-0.39, 0.29) is 22.9 Å². The van der Waals surface area contributed by atoms with Gasteiger partial charge in [0, 0.05) is 17.6 Å². The van der Waals surface area contributed by atoms with Gasteiger partial charge in [0.05, 0.1) is 16.3 Å². The highest BCUT2D eigenvalue weighted by atomic mass is 35.5. The second-order valence-electron chi connectivity index (χ2n) is 6.59. The summed E-state index contributed by atoms with van der Waals surface area (Å²) < 4.78 is 28.3. The maximum atomic E-state index is 12.8. The van der Waals surface area contributed by atoms with Crippen molar-refractivity contribution in [1.82, 2.24) is 4.72 Å². The number of nitrogens with zero attached hydrogens (tertiary/aromatic N) is 1. The molecule has 1 amide bonds. The average Bonchev–Trinajstić information content (AvgIpc) is 3.01. The summed E-state index contributed by atoms with van der Waals surface area (Å²) >= 11 is 6.06. The number of benzene rings is 2. The molecule has 136 valence electrons. The standard InChI is InChI=1S/C18H18ClN3O3S/c1-11-13(19)5-4-8-17(11)26(24,25)21-12-9-16-18(23)20-14-6-2-3-7-15(14)22(16)10-12/h2-8,12,16,21H,9-10H2,1H3,(H,20,23). The second kappa shape index (κ2) is 6.26. The van der Waals surface area contributed by atoms with Gasteiger partial charge in [0.2, 0.25) is 15.9 Å². The third-order valence-electron chi connectivity index (χ3n) is 4.90. The Hall–Kier alpha value is -2.09. The van der Waals surface area contributed by atoms with Crippen LogP contribution in [0, 0.1) is 6.92 Å². The van der Waals surface area contributed by atoms with Crippen LogP contribution in [0.25, 0.3) is 0 Å². The van der Waals surface area contributed by atoms with Crippen LogP contribution in [0.2, 0.25) is 5.02 Å². The lowest BCUT2D eigenvalue weighted by Gasteiger charge is -2.32. The minimum absolute atomic E-state index is 0.107. The molecule has 2 N–H and O–H groups in total. The van der Waals surface area contributed by atoms with E-state index in [4.69, 9.17) is 11.6 Å². The van der Waals surface area contributed by atoms with E-state index in [9.17, 15) is 13.2 Å². The van der Waals surface area contributed by atoms with Crippen molar-refractivity contribution in [3.05, 3.63) is 53.1 Å². The SMILES string of the molecule is Cc1c(Cl)cccc1S(=O)(=O)NC1CC2C(=O)Nc3ccccc3N2C1. The van der Waals surface area contributed by atoms with Crippen LogP contribution in [0.1, 0.15) is 12.0 Å². The van der Waals surface area contributed by atoms with E-state index in [2.05, 4.69) is 10.0 Å². The van der Waals surface area contributed by atoms with Gasteiger partial charge in [-0.1, -0.05) is 29.8 Å². The van der Waals surface area contributed by atoms with Crippen LogP contribution < -0.4 is 14.9 Å². The van der Waals surface area contributed by atoms with E-state index in [1.807, 2.05) is 29.2 Å². The number of carbonyl (C=O) groups is 1. The van der Waals surface area contributed by atoms with Gasteiger partial charge in [-0.05, 0) is 43.2 Å². The Bertz CT molecular complexity index is 993. The zero-order valence-electron chi connectivity index (χ0n) is 14.1. The van der Waals surface area contributed by atoms with Gasteiger partial charge < -0.3 is 10.2 Å². The van der Waals surface area contributed by atoms with E-state index in [0.717, 1.165) is 11.4 Å². The molecule has 0 aromatic heterocycles. The van der Waals surface area contributed by atoms with E-state index < -0.39 is 10.0 Å². The first-order valence-electron chi connectivity index (χ1n) is 8.31. The summed E-state index contributed by atoms with van der Waals surface area (Å²) in [5.74, 6) is -0.107. The molecule has 2 aliphatic rings. The topological polar surface area (TPSA) is 78.5 Å². The molecule has 0 aliphatic carbocycles. The summed E-state index contributed by atoms with van der Waals surface area (Å²) in [6.45, 7) is 2.12. The third-order valence-corrected chi connectivity index (χ3v) is 6.98. The Kier molecular flexibility index (Phi) is 4.17. The molecule has 26 heavy (non-hydrogen) atoms. The molecular formula is C18H18ClN3O3S. The van der Waals surface area contributed by atoms with Crippen LogP contribution >= 0.6 is 11.6 Å². The number of halogens is 1. The summed E-state index contributed by atoms with van der Waals surface area (Å²) in [5.41, 5.74) is 2.18. The summed E-state index contributed by atoms with van der Waals surface area (Å²) in [5, 5.41) is 3.30. The number of hydrogen-bond acceptors (Lipinski definition) is 4. The fraction of sp³-hybridized carbons (Fsp3) is 0.278. The highest BCUT2D eigenvalue weighted by Gasteiger charge is 2.42. The molecule has 1 saturated heterocycles. The van der Waals surface area contributed by atoms with Crippen LogP contribution in [0.4, 0.5) is 11.4 Å². The Morgan fingerprint density at radius 1 is 1.19 bits per heavy atom. The molecule has 0 saturated carbocycles. The number of sulfonamides is 1. The second-order valence-corrected chi connectivity index (χ2v) is 8.68. The molecule has 0 bridgehead atoms. The minimum Gasteiger partial charge on any atom is -0.356 e. The van der Waals surface area contributed by atoms with E-state index in [1.54, 1.807) is 19.1 Å². The van der Waals surface area contributed by atoms with Crippen LogP contribution in [0.3, 0.4) is 0 Å². The van der Waals surface area contributed by atoms with Crippen molar-refractivity contribution in [2.45, 2.75) is 30.3 Å². The van der Waals surface area contributed by atoms with Crippen LogP contribution in [0.15, 0.2) is 47.4 Å². The van der Waals surface area contributed by atoms with Crippen molar-refractivity contribution in [2.24, 2.45) is 0 Å². The number of amides is 1. The maximum Gasteiger partial charge on any atom is 0.247 e. The van der Waals surface area contributed by atoms with Crippen LogP contribution in [0.5, 0.6) is 0 Å². The highest BCUT2D eigenvalue weighted by Crippen LogP contribution is 2.36. The van der Waals surface area contributed by atoms with Crippen LogP contribution in [-0.4, -0.2) is 33.0 Å². The predicted octanol–water partition coefficient (Wildman–Crippen LogP) is 2.53. The zero-order chi connectivity index (χ0) is 18.5. The smallest absolute Gasteiger partial charge is 0.247 e.